The summed E-state index contributed by atoms with van der Waals surface area (Å²) in [6, 6.07) is -0.996. The number of rotatable bonds is 2. The Kier molecular flexibility index (Phi) is 4.54. The summed E-state index contributed by atoms with van der Waals surface area (Å²) in [4.78, 5) is 26.7. The number of carbonyl (C=O) groups excluding carboxylic acids is 2. The van der Waals surface area contributed by atoms with Gasteiger partial charge in [-0.25, -0.2) is 16.8 Å². The zero-order valence-corrected chi connectivity index (χ0v) is 14.2. The zero-order valence-electron chi connectivity index (χ0n) is 12.6. The number of hydrogen-bond donors (Lipinski definition) is 0. The van der Waals surface area contributed by atoms with Crippen LogP contribution in [0.15, 0.2) is 0 Å². The van der Waals surface area contributed by atoms with Crippen LogP contribution < -0.4 is 0 Å². The first kappa shape index (κ1) is 17.2. The molecule has 2 fully saturated rings. The van der Waals surface area contributed by atoms with Crippen molar-refractivity contribution in [3.05, 3.63) is 0 Å². The van der Waals surface area contributed by atoms with Gasteiger partial charge in [0.2, 0.25) is 0 Å². The maximum Gasteiger partial charge on any atom is 0.312 e. The van der Waals surface area contributed by atoms with Crippen LogP contribution >= 0.6 is 0 Å². The highest BCUT2D eigenvalue weighted by atomic mass is 32.2. The zero-order chi connectivity index (χ0) is 16.7. The van der Waals surface area contributed by atoms with Crippen molar-refractivity contribution in [3.63, 3.8) is 0 Å². The molecule has 2 unspecified atom stereocenters. The Morgan fingerprint density at radius 2 is 1.09 bits per heavy atom. The highest BCUT2D eigenvalue weighted by molar-refractivity contribution is 7.91. The Labute approximate surface area is 130 Å². The molecule has 0 aliphatic carbocycles. The Bertz CT molecular complexity index is 624. The Morgan fingerprint density at radius 3 is 1.32 bits per heavy atom. The van der Waals surface area contributed by atoms with Crippen molar-refractivity contribution in [2.24, 2.45) is 0 Å². The first-order chi connectivity index (χ1) is 10.0. The van der Waals surface area contributed by atoms with E-state index in [-0.39, 0.29) is 23.0 Å². The fourth-order valence-electron chi connectivity index (χ4n) is 2.80. The van der Waals surface area contributed by atoms with E-state index in [0.29, 0.717) is 12.8 Å². The van der Waals surface area contributed by atoms with Crippen molar-refractivity contribution in [1.29, 1.82) is 0 Å². The molecule has 2 aliphatic heterocycles. The van der Waals surface area contributed by atoms with E-state index in [0.717, 1.165) is 9.80 Å². The lowest BCUT2D eigenvalue weighted by molar-refractivity contribution is -0.152. The summed E-state index contributed by atoms with van der Waals surface area (Å²) in [5, 5.41) is 0. The maximum absolute atomic E-state index is 12.2. The molecule has 22 heavy (non-hydrogen) atoms. The lowest BCUT2D eigenvalue weighted by Gasteiger charge is -2.28. The number of nitrogens with zero attached hydrogens (tertiary/aromatic N) is 2. The molecule has 126 valence electrons. The molecular weight excluding hydrogens is 332 g/mol. The number of carbonyl (C=O) groups is 2. The van der Waals surface area contributed by atoms with Crippen molar-refractivity contribution in [3.8, 4) is 0 Å². The van der Waals surface area contributed by atoms with Gasteiger partial charge in [-0.2, -0.15) is 0 Å². The smallest absolute Gasteiger partial charge is 0.312 e. The minimum absolute atomic E-state index is 0.0141. The van der Waals surface area contributed by atoms with Crippen LogP contribution in [0.5, 0.6) is 0 Å². The molecular formula is C12H20N2O6S2. The highest BCUT2D eigenvalue weighted by Crippen LogP contribution is 2.19. The topological polar surface area (TPSA) is 109 Å². The van der Waals surface area contributed by atoms with E-state index in [9.17, 15) is 26.4 Å². The van der Waals surface area contributed by atoms with Crippen LogP contribution in [0.4, 0.5) is 0 Å². The van der Waals surface area contributed by atoms with E-state index in [4.69, 9.17) is 0 Å². The molecule has 2 amide bonds. The highest BCUT2D eigenvalue weighted by Gasteiger charge is 2.38. The summed E-state index contributed by atoms with van der Waals surface area (Å²) >= 11 is 0. The predicted octanol–water partition coefficient (Wildman–Crippen LogP) is -1.72. The van der Waals surface area contributed by atoms with E-state index >= 15 is 0 Å². The molecule has 2 rings (SSSR count). The monoisotopic (exact) mass is 352 g/mol. The summed E-state index contributed by atoms with van der Waals surface area (Å²) in [7, 11) is -3.48. The Morgan fingerprint density at radius 1 is 0.773 bits per heavy atom. The van der Waals surface area contributed by atoms with Crippen LogP contribution in [0.3, 0.4) is 0 Å². The molecule has 2 heterocycles. The largest absolute Gasteiger partial charge is 0.333 e. The van der Waals surface area contributed by atoms with Gasteiger partial charge in [-0.3, -0.25) is 9.59 Å². The van der Waals surface area contributed by atoms with Crippen LogP contribution in [0.2, 0.25) is 0 Å². The van der Waals surface area contributed by atoms with E-state index in [1.54, 1.807) is 0 Å². The maximum atomic E-state index is 12.2. The minimum atomic E-state index is -3.15. The molecule has 0 radical (unpaired) electrons. The summed E-state index contributed by atoms with van der Waals surface area (Å²) in [5.41, 5.74) is 0. The van der Waals surface area contributed by atoms with Gasteiger partial charge >= 0.3 is 11.8 Å². The van der Waals surface area contributed by atoms with Gasteiger partial charge in [-0.1, -0.05) is 0 Å². The fraction of sp³-hybridized carbons (Fsp3) is 0.833. The van der Waals surface area contributed by atoms with Gasteiger partial charge in [0, 0.05) is 26.2 Å². The molecule has 0 aromatic carbocycles. The molecule has 10 heteroatoms. The first-order valence-electron chi connectivity index (χ1n) is 6.97. The first-order valence-corrected chi connectivity index (χ1v) is 10.6. The third kappa shape index (κ3) is 3.60. The van der Waals surface area contributed by atoms with Gasteiger partial charge in [-0.15, -0.1) is 0 Å². The average Bonchev–Trinajstić information content (AvgIpc) is 2.97. The number of sulfone groups is 2. The van der Waals surface area contributed by atoms with Crippen molar-refractivity contribution in [2.75, 3.05) is 37.1 Å². The summed E-state index contributed by atoms with van der Waals surface area (Å²) in [6.45, 7) is 0. The molecule has 0 spiro atoms. The van der Waals surface area contributed by atoms with Crippen molar-refractivity contribution in [1.82, 2.24) is 9.80 Å². The fourth-order valence-corrected chi connectivity index (χ4v) is 6.34. The second-order valence-corrected chi connectivity index (χ2v) is 10.4. The summed E-state index contributed by atoms with van der Waals surface area (Å²) in [5.74, 6) is -1.84. The van der Waals surface area contributed by atoms with E-state index < -0.39 is 43.6 Å². The van der Waals surface area contributed by atoms with Crippen LogP contribution in [-0.4, -0.2) is 87.6 Å². The molecule has 0 N–H and O–H groups in total. The molecule has 2 saturated heterocycles. The second-order valence-electron chi connectivity index (χ2n) is 5.95. The quantitative estimate of drug-likeness (QED) is 0.547. The number of amides is 2. The van der Waals surface area contributed by atoms with E-state index in [2.05, 4.69) is 0 Å². The van der Waals surface area contributed by atoms with Crippen LogP contribution in [0, 0.1) is 0 Å². The van der Waals surface area contributed by atoms with Gasteiger partial charge in [0.1, 0.15) is 0 Å². The van der Waals surface area contributed by atoms with E-state index in [1.807, 2.05) is 0 Å². The molecule has 2 atom stereocenters. The van der Waals surface area contributed by atoms with Crippen LogP contribution in [0.1, 0.15) is 12.8 Å². The molecule has 0 bridgehead atoms. The molecule has 2 aliphatic rings. The lowest BCUT2D eigenvalue weighted by atomic mass is 10.2. The normalized spacial score (nSPS) is 29.2. The third-order valence-electron chi connectivity index (χ3n) is 4.34. The Balaban J connectivity index is 2.01. The number of likely N-dealkylation sites (N-methyl/N-ethyl adjacent to an activating group) is 2. The Hall–Kier alpha value is -1.16. The van der Waals surface area contributed by atoms with Gasteiger partial charge in [0.25, 0.3) is 0 Å². The lowest BCUT2D eigenvalue weighted by Crippen LogP contribution is -2.49. The standard InChI is InChI=1S/C12H20N2O6S2/c1-13(9-3-5-21(17,18)7-9)11(15)12(16)14(2)10-4-6-22(19,20)8-10/h9-10H,3-8H2,1-2H3. The molecule has 0 aromatic rings. The van der Waals surface area contributed by atoms with E-state index in [1.165, 1.54) is 14.1 Å². The molecule has 8 nitrogen and oxygen atoms in total. The van der Waals surface area contributed by atoms with Crippen LogP contribution in [0.25, 0.3) is 0 Å². The van der Waals surface area contributed by atoms with Gasteiger partial charge < -0.3 is 9.80 Å². The van der Waals surface area contributed by atoms with Crippen molar-refractivity contribution < 1.29 is 26.4 Å². The van der Waals surface area contributed by atoms with Gasteiger partial charge in [0.15, 0.2) is 19.7 Å². The SMILES string of the molecule is CN(C(=O)C(=O)N(C)C1CCS(=O)(=O)C1)C1CCS(=O)(=O)C1. The van der Waals surface area contributed by atoms with Gasteiger partial charge in [0.05, 0.1) is 23.0 Å². The third-order valence-corrected chi connectivity index (χ3v) is 7.84. The van der Waals surface area contributed by atoms with Crippen molar-refractivity contribution in [2.45, 2.75) is 24.9 Å². The van der Waals surface area contributed by atoms with Crippen LogP contribution in [-0.2, 0) is 29.3 Å². The summed E-state index contributed by atoms with van der Waals surface area (Å²) in [6.07, 6.45) is 0.638. The second kappa shape index (κ2) is 5.80. The molecule has 0 saturated carbocycles. The minimum Gasteiger partial charge on any atom is -0.333 e. The predicted molar refractivity (Wildman–Crippen MR) is 79.7 cm³/mol. The number of hydrogen-bond acceptors (Lipinski definition) is 6. The van der Waals surface area contributed by atoms with Crippen molar-refractivity contribution >= 4 is 31.5 Å². The van der Waals surface area contributed by atoms with Gasteiger partial charge in [-0.05, 0) is 12.8 Å². The average molecular weight is 352 g/mol. The molecule has 0 aromatic heterocycles. The summed E-state index contributed by atoms with van der Waals surface area (Å²) < 4.78 is 45.8.